The quantitative estimate of drug-likeness (QED) is 0.938. The van der Waals surface area contributed by atoms with E-state index >= 15 is 0 Å². The Labute approximate surface area is 122 Å². The molecule has 0 unspecified atom stereocenters. The van der Waals surface area contributed by atoms with Crippen LogP contribution in [0.5, 0.6) is 0 Å². The minimum atomic E-state index is -0.346. The fourth-order valence-electron chi connectivity index (χ4n) is 1.89. The molecule has 0 atom stereocenters. The summed E-state index contributed by atoms with van der Waals surface area (Å²) in [6, 6.07) is 14.7. The number of nitrogens with one attached hydrogen (secondary N) is 1. The minimum absolute atomic E-state index is 0.0836. The maximum atomic E-state index is 13.1. The van der Waals surface area contributed by atoms with E-state index in [1.54, 1.807) is 48.3 Å². The first-order valence-corrected chi connectivity index (χ1v) is 6.35. The zero-order valence-corrected chi connectivity index (χ0v) is 11.5. The molecule has 5 heteroatoms. The van der Waals surface area contributed by atoms with Crippen LogP contribution in [0.3, 0.4) is 0 Å². The first-order chi connectivity index (χ1) is 10.1. The van der Waals surface area contributed by atoms with Gasteiger partial charge in [0.25, 0.3) is 0 Å². The highest BCUT2D eigenvalue weighted by Gasteiger charge is 2.08. The zero-order chi connectivity index (χ0) is 15.2. The number of halogens is 1. The molecule has 0 aliphatic carbocycles. The number of benzene rings is 2. The largest absolute Gasteiger partial charge is 0.365 e. The Bertz CT molecular complexity index is 694. The van der Waals surface area contributed by atoms with Crippen molar-refractivity contribution in [3.05, 3.63) is 59.9 Å². The van der Waals surface area contributed by atoms with Crippen LogP contribution >= 0.6 is 0 Å². The average Bonchev–Trinajstić information content (AvgIpc) is 2.47. The van der Waals surface area contributed by atoms with E-state index in [1.165, 1.54) is 12.1 Å². The molecule has 0 saturated heterocycles. The second-order valence-corrected chi connectivity index (χ2v) is 4.58. The lowest BCUT2D eigenvalue weighted by Gasteiger charge is -2.18. The van der Waals surface area contributed by atoms with Crippen molar-refractivity contribution in [2.75, 3.05) is 23.8 Å². The SMILES string of the molecule is CN(CC(=O)Nc1cccc(C#N)c1)c1cccc(F)c1. The first-order valence-electron chi connectivity index (χ1n) is 6.35. The van der Waals surface area contributed by atoms with E-state index in [-0.39, 0.29) is 18.3 Å². The average molecular weight is 283 g/mol. The lowest BCUT2D eigenvalue weighted by molar-refractivity contribution is -0.114. The first kappa shape index (κ1) is 14.5. The number of amides is 1. The molecule has 2 aromatic carbocycles. The summed E-state index contributed by atoms with van der Waals surface area (Å²) in [6.07, 6.45) is 0. The van der Waals surface area contributed by atoms with Crippen molar-refractivity contribution in [2.24, 2.45) is 0 Å². The molecule has 0 spiro atoms. The summed E-state index contributed by atoms with van der Waals surface area (Å²) >= 11 is 0. The third kappa shape index (κ3) is 4.05. The molecule has 21 heavy (non-hydrogen) atoms. The molecule has 4 nitrogen and oxygen atoms in total. The molecular weight excluding hydrogens is 269 g/mol. The van der Waals surface area contributed by atoms with E-state index in [9.17, 15) is 9.18 Å². The van der Waals surface area contributed by atoms with Gasteiger partial charge in [-0.05, 0) is 36.4 Å². The second-order valence-electron chi connectivity index (χ2n) is 4.58. The van der Waals surface area contributed by atoms with Crippen molar-refractivity contribution < 1.29 is 9.18 Å². The van der Waals surface area contributed by atoms with Crippen LogP contribution in [0, 0.1) is 17.1 Å². The highest BCUT2D eigenvalue weighted by atomic mass is 19.1. The van der Waals surface area contributed by atoms with Gasteiger partial charge >= 0.3 is 0 Å². The van der Waals surface area contributed by atoms with Crippen molar-refractivity contribution in [2.45, 2.75) is 0 Å². The zero-order valence-electron chi connectivity index (χ0n) is 11.5. The predicted molar refractivity (Wildman–Crippen MR) is 79.5 cm³/mol. The Balaban J connectivity index is 2.00. The number of nitriles is 1. The smallest absolute Gasteiger partial charge is 0.243 e. The van der Waals surface area contributed by atoms with Crippen LogP contribution in [0.25, 0.3) is 0 Å². The molecule has 0 aliphatic rings. The Morgan fingerprint density at radius 3 is 2.76 bits per heavy atom. The molecule has 0 heterocycles. The van der Waals surface area contributed by atoms with Crippen LogP contribution in [0.2, 0.25) is 0 Å². The second kappa shape index (κ2) is 6.53. The lowest BCUT2D eigenvalue weighted by atomic mass is 10.2. The van der Waals surface area contributed by atoms with Crippen molar-refractivity contribution in [3.63, 3.8) is 0 Å². The monoisotopic (exact) mass is 283 g/mol. The fourth-order valence-corrected chi connectivity index (χ4v) is 1.89. The standard InChI is InChI=1S/C16H14FN3O/c1-20(15-7-3-5-13(17)9-15)11-16(21)19-14-6-2-4-12(8-14)10-18/h2-9H,11H2,1H3,(H,19,21). The van der Waals surface area contributed by atoms with Gasteiger partial charge in [0.15, 0.2) is 0 Å². The molecule has 0 aliphatic heterocycles. The molecule has 106 valence electrons. The molecule has 0 radical (unpaired) electrons. The normalized spacial score (nSPS) is 9.76. The van der Waals surface area contributed by atoms with E-state index < -0.39 is 0 Å². The number of likely N-dealkylation sites (N-methyl/N-ethyl adjacent to an activating group) is 1. The van der Waals surface area contributed by atoms with Crippen LogP contribution in [-0.2, 0) is 4.79 Å². The van der Waals surface area contributed by atoms with Gasteiger partial charge in [0.1, 0.15) is 5.82 Å². The van der Waals surface area contributed by atoms with E-state index in [4.69, 9.17) is 5.26 Å². The Hall–Kier alpha value is -2.87. The van der Waals surface area contributed by atoms with Gasteiger partial charge in [0.05, 0.1) is 18.2 Å². The highest BCUT2D eigenvalue weighted by Crippen LogP contribution is 2.14. The molecule has 0 fully saturated rings. The maximum Gasteiger partial charge on any atom is 0.243 e. The van der Waals surface area contributed by atoms with Crippen molar-refractivity contribution in [3.8, 4) is 6.07 Å². The van der Waals surface area contributed by atoms with E-state index in [0.717, 1.165) is 0 Å². The van der Waals surface area contributed by atoms with Gasteiger partial charge in [0, 0.05) is 18.4 Å². The number of rotatable bonds is 4. The summed E-state index contributed by atoms with van der Waals surface area (Å²) in [6.45, 7) is 0.0836. The molecule has 1 amide bonds. The van der Waals surface area contributed by atoms with Gasteiger partial charge in [-0.2, -0.15) is 5.26 Å². The van der Waals surface area contributed by atoms with Crippen LogP contribution in [-0.4, -0.2) is 19.5 Å². The van der Waals surface area contributed by atoms with Crippen LogP contribution in [0.4, 0.5) is 15.8 Å². The van der Waals surface area contributed by atoms with Gasteiger partial charge in [-0.25, -0.2) is 4.39 Å². The molecule has 1 N–H and O–H groups in total. The van der Waals surface area contributed by atoms with Crippen LogP contribution in [0.1, 0.15) is 5.56 Å². The molecule has 0 bridgehead atoms. The van der Waals surface area contributed by atoms with Crippen molar-refractivity contribution >= 4 is 17.3 Å². The number of hydrogen-bond acceptors (Lipinski definition) is 3. The van der Waals surface area contributed by atoms with E-state index in [1.807, 2.05) is 6.07 Å². The molecule has 0 aromatic heterocycles. The number of carbonyl (C=O) groups excluding carboxylic acids is 1. The van der Waals surface area contributed by atoms with Crippen LogP contribution < -0.4 is 10.2 Å². The Kier molecular flexibility index (Phi) is 4.52. The van der Waals surface area contributed by atoms with Gasteiger partial charge in [0.2, 0.25) is 5.91 Å². The fraction of sp³-hybridized carbons (Fsp3) is 0.125. The summed E-state index contributed by atoms with van der Waals surface area (Å²) < 4.78 is 13.1. The molecular formula is C16H14FN3O. The number of hydrogen-bond donors (Lipinski definition) is 1. The Morgan fingerprint density at radius 1 is 1.29 bits per heavy atom. The van der Waals surface area contributed by atoms with Crippen LogP contribution in [0.15, 0.2) is 48.5 Å². The van der Waals surface area contributed by atoms with Gasteiger partial charge in [-0.3, -0.25) is 4.79 Å². The molecule has 2 aromatic rings. The van der Waals surface area contributed by atoms with E-state index in [2.05, 4.69) is 5.32 Å². The number of anilines is 2. The summed E-state index contributed by atoms with van der Waals surface area (Å²) in [4.78, 5) is 13.6. The van der Waals surface area contributed by atoms with Gasteiger partial charge < -0.3 is 10.2 Å². The predicted octanol–water partition coefficient (Wildman–Crippen LogP) is 2.77. The summed E-state index contributed by atoms with van der Waals surface area (Å²) in [5, 5.41) is 11.5. The lowest BCUT2D eigenvalue weighted by Crippen LogP contribution is -2.30. The topological polar surface area (TPSA) is 56.1 Å². The summed E-state index contributed by atoms with van der Waals surface area (Å²) in [5.41, 5.74) is 1.66. The van der Waals surface area contributed by atoms with Crippen molar-refractivity contribution in [1.82, 2.24) is 0 Å². The van der Waals surface area contributed by atoms with Crippen molar-refractivity contribution in [1.29, 1.82) is 5.26 Å². The maximum absolute atomic E-state index is 13.1. The number of nitrogens with zero attached hydrogens (tertiary/aromatic N) is 2. The summed E-state index contributed by atoms with van der Waals surface area (Å²) in [7, 11) is 1.71. The number of carbonyl (C=O) groups is 1. The minimum Gasteiger partial charge on any atom is -0.365 e. The third-order valence-electron chi connectivity index (χ3n) is 2.91. The molecule has 2 rings (SSSR count). The molecule has 0 saturated carbocycles. The summed E-state index contributed by atoms with van der Waals surface area (Å²) in [5.74, 6) is -0.585. The highest BCUT2D eigenvalue weighted by molar-refractivity contribution is 5.94. The third-order valence-corrected chi connectivity index (χ3v) is 2.91. The van der Waals surface area contributed by atoms with Gasteiger partial charge in [-0.1, -0.05) is 12.1 Å². The van der Waals surface area contributed by atoms with Gasteiger partial charge in [-0.15, -0.1) is 0 Å². The Morgan fingerprint density at radius 2 is 2.05 bits per heavy atom. The van der Waals surface area contributed by atoms with E-state index in [0.29, 0.717) is 16.9 Å².